The van der Waals surface area contributed by atoms with Gasteiger partial charge in [0.1, 0.15) is 0 Å². The van der Waals surface area contributed by atoms with Gasteiger partial charge in [0.15, 0.2) is 0 Å². The number of pyridine rings is 1. The highest BCUT2D eigenvalue weighted by molar-refractivity contribution is 5.58. The second-order valence-corrected chi connectivity index (χ2v) is 5.28. The summed E-state index contributed by atoms with van der Waals surface area (Å²) in [6.45, 7) is 10.9. The zero-order valence-corrected chi connectivity index (χ0v) is 10.1. The van der Waals surface area contributed by atoms with Crippen LogP contribution in [0.1, 0.15) is 37.6 Å². The maximum atomic E-state index is 4.44. The lowest BCUT2D eigenvalue weighted by Gasteiger charge is -2.17. The van der Waals surface area contributed by atoms with Crippen LogP contribution in [0.25, 0.3) is 5.52 Å². The molecule has 2 aromatic rings. The summed E-state index contributed by atoms with van der Waals surface area (Å²) in [7, 11) is 0. The van der Waals surface area contributed by atoms with E-state index < -0.39 is 0 Å². The van der Waals surface area contributed by atoms with Crippen LogP contribution in [0.4, 0.5) is 0 Å². The van der Waals surface area contributed by atoms with E-state index in [-0.39, 0.29) is 5.41 Å². The van der Waals surface area contributed by atoms with Crippen molar-refractivity contribution in [2.24, 2.45) is 0 Å². The third-order valence-electron chi connectivity index (χ3n) is 2.75. The van der Waals surface area contributed by atoms with Gasteiger partial charge >= 0.3 is 0 Å². The molecule has 0 unspecified atom stereocenters. The third-order valence-corrected chi connectivity index (χ3v) is 2.75. The summed E-state index contributed by atoms with van der Waals surface area (Å²) in [5.41, 5.74) is 5.20. The molecule has 15 heavy (non-hydrogen) atoms. The summed E-state index contributed by atoms with van der Waals surface area (Å²) < 4.78 is 2.02. The number of rotatable bonds is 0. The fourth-order valence-electron chi connectivity index (χ4n) is 2.00. The average molecular weight is 202 g/mol. The zero-order valence-electron chi connectivity index (χ0n) is 10.1. The number of hydrogen-bond donors (Lipinski definition) is 0. The van der Waals surface area contributed by atoms with Crippen molar-refractivity contribution in [1.29, 1.82) is 0 Å². The van der Waals surface area contributed by atoms with Gasteiger partial charge in [-0.05, 0) is 37.0 Å². The summed E-state index contributed by atoms with van der Waals surface area (Å²) in [5, 5.41) is 4.44. The standard InChI is InChI=1S/C13H18N2/c1-9-6-10(2)15-12(7-9)11(8-14-15)13(3,4)5/h6-8H,1-5H3. The van der Waals surface area contributed by atoms with E-state index in [2.05, 4.69) is 51.9 Å². The second kappa shape index (κ2) is 3.09. The van der Waals surface area contributed by atoms with Crippen molar-refractivity contribution in [2.75, 3.05) is 0 Å². The number of aryl methyl sites for hydroxylation is 2. The van der Waals surface area contributed by atoms with E-state index in [1.807, 2.05) is 10.7 Å². The lowest BCUT2D eigenvalue weighted by atomic mass is 9.88. The normalized spacial score (nSPS) is 12.3. The minimum absolute atomic E-state index is 0.155. The molecular weight excluding hydrogens is 184 g/mol. The highest BCUT2D eigenvalue weighted by Gasteiger charge is 2.19. The Morgan fingerprint density at radius 3 is 2.40 bits per heavy atom. The molecule has 0 saturated carbocycles. The van der Waals surface area contributed by atoms with Gasteiger partial charge in [0.05, 0.1) is 11.7 Å². The molecule has 0 aliphatic rings. The van der Waals surface area contributed by atoms with Crippen LogP contribution in [0.3, 0.4) is 0 Å². The molecule has 0 bridgehead atoms. The van der Waals surface area contributed by atoms with Crippen LogP contribution in [0.5, 0.6) is 0 Å². The van der Waals surface area contributed by atoms with E-state index >= 15 is 0 Å². The molecule has 0 saturated heterocycles. The lowest BCUT2D eigenvalue weighted by Crippen LogP contribution is -2.10. The van der Waals surface area contributed by atoms with Gasteiger partial charge in [0.2, 0.25) is 0 Å². The fraction of sp³-hybridized carbons (Fsp3) is 0.462. The van der Waals surface area contributed by atoms with Crippen molar-refractivity contribution >= 4 is 5.52 Å². The molecule has 0 amide bonds. The van der Waals surface area contributed by atoms with Gasteiger partial charge < -0.3 is 0 Å². The highest BCUT2D eigenvalue weighted by atomic mass is 15.2. The largest absolute Gasteiger partial charge is 0.238 e. The second-order valence-electron chi connectivity index (χ2n) is 5.28. The summed E-state index contributed by atoms with van der Waals surface area (Å²) in [4.78, 5) is 0. The quantitative estimate of drug-likeness (QED) is 0.641. The number of hydrogen-bond acceptors (Lipinski definition) is 1. The van der Waals surface area contributed by atoms with Crippen molar-refractivity contribution in [3.05, 3.63) is 35.2 Å². The number of aromatic nitrogens is 2. The third kappa shape index (κ3) is 1.65. The molecule has 0 aliphatic heterocycles. The van der Waals surface area contributed by atoms with Crippen LogP contribution in [-0.4, -0.2) is 9.61 Å². The van der Waals surface area contributed by atoms with E-state index in [1.165, 1.54) is 22.3 Å². The Hall–Kier alpha value is -1.31. The van der Waals surface area contributed by atoms with Gasteiger partial charge in [0, 0.05) is 11.3 Å². The van der Waals surface area contributed by atoms with Gasteiger partial charge in [-0.3, -0.25) is 0 Å². The van der Waals surface area contributed by atoms with Crippen molar-refractivity contribution in [2.45, 2.75) is 40.0 Å². The Bertz CT molecular complexity index is 501. The van der Waals surface area contributed by atoms with Crippen molar-refractivity contribution in [3.8, 4) is 0 Å². The molecular formula is C13H18N2. The molecule has 0 aromatic carbocycles. The van der Waals surface area contributed by atoms with Crippen LogP contribution in [0.15, 0.2) is 18.3 Å². The predicted octanol–water partition coefficient (Wildman–Crippen LogP) is 3.25. The molecule has 2 aromatic heterocycles. The van der Waals surface area contributed by atoms with Gasteiger partial charge in [0.25, 0.3) is 0 Å². The minimum atomic E-state index is 0.155. The number of fused-ring (bicyclic) bond motifs is 1. The first-order valence-electron chi connectivity index (χ1n) is 5.35. The predicted molar refractivity (Wildman–Crippen MR) is 63.4 cm³/mol. The lowest BCUT2D eigenvalue weighted by molar-refractivity contribution is 0.595. The Balaban J connectivity index is 2.80. The van der Waals surface area contributed by atoms with Crippen LogP contribution in [-0.2, 0) is 5.41 Å². The summed E-state index contributed by atoms with van der Waals surface area (Å²) >= 11 is 0. The van der Waals surface area contributed by atoms with Gasteiger partial charge in [-0.15, -0.1) is 0 Å². The summed E-state index contributed by atoms with van der Waals surface area (Å²) in [5.74, 6) is 0. The van der Waals surface area contributed by atoms with E-state index in [4.69, 9.17) is 0 Å². The SMILES string of the molecule is Cc1cc(C)n2ncc(C(C)(C)C)c2c1. The van der Waals surface area contributed by atoms with E-state index in [9.17, 15) is 0 Å². The summed E-state index contributed by atoms with van der Waals surface area (Å²) in [6.07, 6.45) is 1.99. The Kier molecular flexibility index (Phi) is 2.10. The van der Waals surface area contributed by atoms with Crippen molar-refractivity contribution < 1.29 is 0 Å². The van der Waals surface area contributed by atoms with Crippen LogP contribution >= 0.6 is 0 Å². The Morgan fingerprint density at radius 2 is 1.80 bits per heavy atom. The monoisotopic (exact) mass is 202 g/mol. The first-order valence-corrected chi connectivity index (χ1v) is 5.35. The first-order chi connectivity index (χ1) is 6.89. The maximum absolute atomic E-state index is 4.44. The minimum Gasteiger partial charge on any atom is -0.238 e. The molecule has 0 atom stereocenters. The van der Waals surface area contributed by atoms with Gasteiger partial charge in [-0.2, -0.15) is 5.10 Å². The molecule has 0 aliphatic carbocycles. The molecule has 2 nitrogen and oxygen atoms in total. The molecule has 2 heterocycles. The summed E-state index contributed by atoms with van der Waals surface area (Å²) in [6, 6.07) is 4.37. The highest BCUT2D eigenvalue weighted by Crippen LogP contribution is 2.27. The van der Waals surface area contributed by atoms with Crippen LogP contribution in [0, 0.1) is 13.8 Å². The number of nitrogens with zero attached hydrogens (tertiary/aromatic N) is 2. The molecule has 0 spiro atoms. The Labute approximate surface area is 90.9 Å². The van der Waals surface area contributed by atoms with Crippen molar-refractivity contribution in [3.63, 3.8) is 0 Å². The molecule has 0 N–H and O–H groups in total. The molecule has 2 heteroatoms. The maximum Gasteiger partial charge on any atom is 0.0704 e. The van der Waals surface area contributed by atoms with Crippen LogP contribution < -0.4 is 0 Å². The van der Waals surface area contributed by atoms with Gasteiger partial charge in [-0.25, -0.2) is 4.52 Å². The zero-order chi connectivity index (χ0) is 11.2. The molecule has 0 fully saturated rings. The Morgan fingerprint density at radius 1 is 1.13 bits per heavy atom. The average Bonchev–Trinajstić information content (AvgIpc) is 2.45. The molecule has 80 valence electrons. The van der Waals surface area contributed by atoms with Gasteiger partial charge in [-0.1, -0.05) is 20.8 Å². The van der Waals surface area contributed by atoms with Crippen molar-refractivity contribution in [1.82, 2.24) is 9.61 Å². The fourth-order valence-corrected chi connectivity index (χ4v) is 2.00. The first kappa shape index (κ1) is 10.2. The smallest absolute Gasteiger partial charge is 0.0704 e. The van der Waals surface area contributed by atoms with E-state index in [0.717, 1.165) is 0 Å². The van der Waals surface area contributed by atoms with Crippen LogP contribution in [0.2, 0.25) is 0 Å². The molecule has 2 rings (SSSR count). The molecule has 0 radical (unpaired) electrons. The topological polar surface area (TPSA) is 17.3 Å². The van der Waals surface area contributed by atoms with E-state index in [1.54, 1.807) is 0 Å². The van der Waals surface area contributed by atoms with E-state index in [0.29, 0.717) is 0 Å².